The molecule has 108 valence electrons. The summed E-state index contributed by atoms with van der Waals surface area (Å²) >= 11 is 0. The van der Waals surface area contributed by atoms with Crippen LogP contribution in [0.5, 0.6) is 5.75 Å². The van der Waals surface area contributed by atoms with Gasteiger partial charge in [0.25, 0.3) is 0 Å². The SMILES string of the molecule is CCc1cc(C2=CCCCC=C2)nc2cc(OC)ccc12. The zero-order chi connectivity index (χ0) is 14.7. The molecule has 1 heterocycles. The van der Waals surface area contributed by atoms with Crippen LogP contribution in [0, 0.1) is 0 Å². The molecule has 0 radical (unpaired) electrons. The van der Waals surface area contributed by atoms with Crippen LogP contribution in [0.15, 0.2) is 42.5 Å². The molecule has 1 aliphatic carbocycles. The number of aryl methyl sites for hydroxylation is 1. The van der Waals surface area contributed by atoms with Gasteiger partial charge in [-0.25, -0.2) is 4.98 Å². The number of aromatic nitrogens is 1. The lowest BCUT2D eigenvalue weighted by atomic mass is 10.0. The van der Waals surface area contributed by atoms with Crippen LogP contribution in [0.2, 0.25) is 0 Å². The van der Waals surface area contributed by atoms with Crippen molar-refractivity contribution in [2.75, 3.05) is 7.11 Å². The predicted octanol–water partition coefficient (Wildman–Crippen LogP) is 4.93. The van der Waals surface area contributed by atoms with E-state index in [0.717, 1.165) is 36.2 Å². The first-order valence-corrected chi connectivity index (χ1v) is 7.66. The van der Waals surface area contributed by atoms with Crippen molar-refractivity contribution >= 4 is 16.5 Å². The molecule has 0 spiro atoms. The molecule has 2 aromatic rings. The Labute approximate surface area is 126 Å². The number of methoxy groups -OCH3 is 1. The highest BCUT2D eigenvalue weighted by Crippen LogP contribution is 2.27. The Morgan fingerprint density at radius 3 is 2.90 bits per heavy atom. The van der Waals surface area contributed by atoms with E-state index in [4.69, 9.17) is 9.72 Å². The summed E-state index contributed by atoms with van der Waals surface area (Å²) in [6, 6.07) is 8.38. The minimum absolute atomic E-state index is 0.861. The molecule has 1 aromatic heterocycles. The molecule has 0 bridgehead atoms. The average Bonchev–Trinajstić information content (AvgIpc) is 2.82. The van der Waals surface area contributed by atoms with Gasteiger partial charge < -0.3 is 4.74 Å². The highest BCUT2D eigenvalue weighted by molar-refractivity contribution is 5.86. The van der Waals surface area contributed by atoms with E-state index in [1.807, 2.05) is 12.1 Å². The molecule has 1 aliphatic rings. The van der Waals surface area contributed by atoms with Crippen molar-refractivity contribution in [3.8, 4) is 5.75 Å². The summed E-state index contributed by atoms with van der Waals surface area (Å²) in [7, 11) is 1.70. The summed E-state index contributed by atoms with van der Waals surface area (Å²) < 4.78 is 5.33. The number of allylic oxidation sites excluding steroid dienone is 4. The number of nitrogens with zero attached hydrogens (tertiary/aromatic N) is 1. The molecule has 0 amide bonds. The number of fused-ring (bicyclic) bond motifs is 1. The third-order valence-electron chi connectivity index (χ3n) is 4.02. The smallest absolute Gasteiger partial charge is 0.121 e. The molecule has 3 rings (SSSR count). The Hall–Kier alpha value is -2.09. The second-order valence-electron chi connectivity index (χ2n) is 5.40. The molecule has 2 nitrogen and oxygen atoms in total. The number of rotatable bonds is 3. The molecular weight excluding hydrogens is 258 g/mol. The lowest BCUT2D eigenvalue weighted by Gasteiger charge is -2.10. The fourth-order valence-corrected chi connectivity index (χ4v) is 2.81. The lowest BCUT2D eigenvalue weighted by Crippen LogP contribution is -1.95. The predicted molar refractivity (Wildman–Crippen MR) is 88.6 cm³/mol. The Bertz CT molecular complexity index is 713. The van der Waals surface area contributed by atoms with Gasteiger partial charge >= 0.3 is 0 Å². The van der Waals surface area contributed by atoms with Crippen LogP contribution in [-0.4, -0.2) is 12.1 Å². The molecule has 0 fully saturated rings. The first-order chi connectivity index (χ1) is 10.3. The minimum atomic E-state index is 0.861. The summed E-state index contributed by atoms with van der Waals surface area (Å²) in [5.74, 6) is 0.861. The summed E-state index contributed by atoms with van der Waals surface area (Å²) in [5.41, 5.74) is 4.68. The first-order valence-electron chi connectivity index (χ1n) is 7.66. The normalized spacial score (nSPS) is 14.9. The zero-order valence-corrected chi connectivity index (χ0v) is 12.7. The van der Waals surface area contributed by atoms with E-state index in [1.54, 1.807) is 7.11 Å². The van der Waals surface area contributed by atoms with E-state index in [0.29, 0.717) is 0 Å². The molecule has 0 atom stereocenters. The number of benzene rings is 1. The first kappa shape index (κ1) is 13.9. The standard InChI is InChI=1S/C19H21NO/c1-3-14-12-18(15-8-6-4-5-7-9-15)20-19-13-16(21-2)10-11-17(14)19/h6,8-13H,3-5,7H2,1-2H3. The Morgan fingerprint density at radius 2 is 2.10 bits per heavy atom. The van der Waals surface area contributed by atoms with Crippen molar-refractivity contribution in [1.29, 1.82) is 0 Å². The van der Waals surface area contributed by atoms with E-state index in [9.17, 15) is 0 Å². The molecule has 1 aromatic carbocycles. The third-order valence-corrected chi connectivity index (χ3v) is 4.02. The van der Waals surface area contributed by atoms with Crippen LogP contribution in [0.1, 0.15) is 37.4 Å². The van der Waals surface area contributed by atoms with E-state index >= 15 is 0 Å². The van der Waals surface area contributed by atoms with Crippen molar-refractivity contribution in [2.45, 2.75) is 32.6 Å². The van der Waals surface area contributed by atoms with Crippen LogP contribution >= 0.6 is 0 Å². The molecule has 2 heteroatoms. The van der Waals surface area contributed by atoms with E-state index in [1.165, 1.54) is 22.9 Å². The van der Waals surface area contributed by atoms with Gasteiger partial charge in [0.2, 0.25) is 0 Å². The number of pyridine rings is 1. The topological polar surface area (TPSA) is 22.1 Å². The van der Waals surface area contributed by atoms with Crippen LogP contribution in [-0.2, 0) is 6.42 Å². The Kier molecular flexibility index (Phi) is 4.05. The number of hydrogen-bond donors (Lipinski definition) is 0. The van der Waals surface area contributed by atoms with Gasteiger partial charge in [-0.2, -0.15) is 0 Å². The molecule has 0 saturated carbocycles. The van der Waals surface area contributed by atoms with Crippen LogP contribution in [0.3, 0.4) is 0 Å². The van der Waals surface area contributed by atoms with Crippen LogP contribution in [0.4, 0.5) is 0 Å². The van der Waals surface area contributed by atoms with Gasteiger partial charge in [0.1, 0.15) is 5.75 Å². The lowest BCUT2D eigenvalue weighted by molar-refractivity contribution is 0.415. The van der Waals surface area contributed by atoms with Crippen LogP contribution < -0.4 is 4.74 Å². The highest BCUT2D eigenvalue weighted by atomic mass is 16.5. The maximum absolute atomic E-state index is 5.33. The maximum atomic E-state index is 5.33. The quantitative estimate of drug-likeness (QED) is 0.794. The summed E-state index contributed by atoms with van der Waals surface area (Å²) in [6.07, 6.45) is 11.3. The van der Waals surface area contributed by atoms with Gasteiger partial charge in [-0.1, -0.05) is 25.2 Å². The fraction of sp³-hybridized carbons (Fsp3) is 0.316. The van der Waals surface area contributed by atoms with Gasteiger partial charge in [-0.15, -0.1) is 0 Å². The molecule has 0 unspecified atom stereocenters. The highest BCUT2D eigenvalue weighted by Gasteiger charge is 2.09. The van der Waals surface area contributed by atoms with Crippen molar-refractivity contribution in [2.24, 2.45) is 0 Å². The molecule has 0 saturated heterocycles. The van der Waals surface area contributed by atoms with E-state index in [-0.39, 0.29) is 0 Å². The third kappa shape index (κ3) is 2.85. The second kappa shape index (κ2) is 6.13. The number of hydrogen-bond acceptors (Lipinski definition) is 2. The van der Waals surface area contributed by atoms with Gasteiger partial charge in [0.15, 0.2) is 0 Å². The Balaban J connectivity index is 2.17. The maximum Gasteiger partial charge on any atom is 0.121 e. The molecule has 21 heavy (non-hydrogen) atoms. The summed E-state index contributed by atoms with van der Waals surface area (Å²) in [5, 5.41) is 1.22. The second-order valence-corrected chi connectivity index (χ2v) is 5.40. The van der Waals surface area contributed by atoms with Crippen molar-refractivity contribution < 1.29 is 4.74 Å². The molecule has 0 N–H and O–H groups in total. The van der Waals surface area contributed by atoms with Gasteiger partial charge in [-0.05, 0) is 55.0 Å². The van der Waals surface area contributed by atoms with Crippen LogP contribution in [0.25, 0.3) is 16.5 Å². The summed E-state index contributed by atoms with van der Waals surface area (Å²) in [4.78, 5) is 4.86. The van der Waals surface area contributed by atoms with Crippen molar-refractivity contribution in [3.05, 3.63) is 53.8 Å². The molecule has 0 aliphatic heterocycles. The monoisotopic (exact) mass is 279 g/mol. The largest absolute Gasteiger partial charge is 0.497 e. The minimum Gasteiger partial charge on any atom is -0.497 e. The zero-order valence-electron chi connectivity index (χ0n) is 12.7. The average molecular weight is 279 g/mol. The summed E-state index contributed by atoms with van der Waals surface area (Å²) in [6.45, 7) is 2.19. The van der Waals surface area contributed by atoms with E-state index < -0.39 is 0 Å². The Morgan fingerprint density at radius 1 is 1.19 bits per heavy atom. The van der Waals surface area contributed by atoms with E-state index in [2.05, 4.69) is 37.3 Å². The van der Waals surface area contributed by atoms with Gasteiger partial charge in [0.05, 0.1) is 18.3 Å². The van der Waals surface area contributed by atoms with Gasteiger partial charge in [-0.3, -0.25) is 0 Å². The van der Waals surface area contributed by atoms with Gasteiger partial charge in [0, 0.05) is 11.5 Å². The van der Waals surface area contributed by atoms with Crippen molar-refractivity contribution in [1.82, 2.24) is 4.98 Å². The fourth-order valence-electron chi connectivity index (χ4n) is 2.81. The van der Waals surface area contributed by atoms with Crippen molar-refractivity contribution in [3.63, 3.8) is 0 Å². The number of ether oxygens (including phenoxy) is 1. The molecular formula is C19H21NO.